The number of alkyl halides is 6. The first-order valence-electron chi connectivity index (χ1n) is 11.7. The van der Waals surface area contributed by atoms with Crippen molar-refractivity contribution in [1.82, 2.24) is 25.6 Å². The molecule has 202 valence electrons. The largest absolute Gasteiger partial charge is 0.445 e. The Morgan fingerprint density at radius 3 is 2.29 bits per heavy atom. The van der Waals surface area contributed by atoms with E-state index in [-0.39, 0.29) is 29.9 Å². The van der Waals surface area contributed by atoms with Crippen LogP contribution in [0, 0.1) is 11.8 Å². The number of aromatic nitrogens is 3. The molecule has 3 atom stereocenters. The van der Waals surface area contributed by atoms with Crippen LogP contribution in [0.4, 0.5) is 31.1 Å². The molecule has 1 aromatic heterocycles. The number of ether oxygens (including phenoxy) is 1. The van der Waals surface area contributed by atoms with Crippen LogP contribution in [-0.2, 0) is 23.7 Å². The van der Waals surface area contributed by atoms with Crippen molar-refractivity contribution in [3.8, 4) is 0 Å². The Hall–Kier alpha value is -3.84. The maximum absolute atomic E-state index is 13.1. The molecule has 1 aliphatic heterocycles. The molecule has 38 heavy (non-hydrogen) atoms. The summed E-state index contributed by atoms with van der Waals surface area (Å²) in [6.07, 6.45) is -9.51. The number of aromatic amines is 1. The van der Waals surface area contributed by atoms with Gasteiger partial charge in [0.05, 0.1) is 11.1 Å². The fourth-order valence-electron chi connectivity index (χ4n) is 5.17. The van der Waals surface area contributed by atoms with E-state index in [1.807, 2.05) is 0 Å². The van der Waals surface area contributed by atoms with E-state index in [1.165, 1.54) is 4.90 Å². The molecule has 2 N–H and O–H groups in total. The zero-order valence-electron chi connectivity index (χ0n) is 19.6. The Kier molecular flexibility index (Phi) is 6.43. The van der Waals surface area contributed by atoms with Gasteiger partial charge in [-0.15, -0.1) is 0 Å². The van der Waals surface area contributed by atoms with Crippen molar-refractivity contribution >= 4 is 23.0 Å². The molecule has 2 bridgehead atoms. The van der Waals surface area contributed by atoms with Gasteiger partial charge in [0.1, 0.15) is 17.6 Å². The number of benzene rings is 2. The third kappa shape index (κ3) is 5.24. The van der Waals surface area contributed by atoms with Crippen molar-refractivity contribution in [2.24, 2.45) is 11.8 Å². The number of H-pyrrole nitrogens is 1. The molecule has 1 aliphatic carbocycles. The Bertz CT molecular complexity index is 1340. The Morgan fingerprint density at radius 1 is 0.974 bits per heavy atom. The van der Waals surface area contributed by atoms with Gasteiger partial charge in [-0.2, -0.15) is 41.8 Å². The highest BCUT2D eigenvalue weighted by Gasteiger charge is 2.47. The van der Waals surface area contributed by atoms with Gasteiger partial charge in [-0.25, -0.2) is 4.79 Å². The molecule has 1 saturated carbocycles. The summed E-state index contributed by atoms with van der Waals surface area (Å²) in [4.78, 5) is 26.6. The fourth-order valence-corrected chi connectivity index (χ4v) is 5.17. The van der Waals surface area contributed by atoms with Gasteiger partial charge in [0.25, 0.3) is 5.91 Å². The maximum Gasteiger partial charge on any atom is 0.416 e. The van der Waals surface area contributed by atoms with E-state index in [0.29, 0.717) is 54.7 Å². The van der Waals surface area contributed by atoms with Gasteiger partial charge in [0.15, 0.2) is 0 Å². The first kappa shape index (κ1) is 25.8. The average Bonchev–Trinajstić information content (AvgIpc) is 3.60. The summed E-state index contributed by atoms with van der Waals surface area (Å²) >= 11 is 0. The molecule has 5 rings (SSSR count). The number of amides is 2. The molecule has 3 aromatic rings. The van der Waals surface area contributed by atoms with E-state index >= 15 is 0 Å². The summed E-state index contributed by atoms with van der Waals surface area (Å²) in [5, 5.41) is 13.3. The van der Waals surface area contributed by atoms with E-state index in [4.69, 9.17) is 4.74 Å². The fraction of sp³-hybridized carbons (Fsp3) is 0.417. The number of carbonyl (C=O) groups excluding carboxylic acids is 2. The third-order valence-corrected chi connectivity index (χ3v) is 7.04. The predicted molar refractivity (Wildman–Crippen MR) is 120 cm³/mol. The van der Waals surface area contributed by atoms with Crippen molar-refractivity contribution in [2.75, 3.05) is 13.1 Å². The van der Waals surface area contributed by atoms with E-state index in [2.05, 4.69) is 20.7 Å². The van der Waals surface area contributed by atoms with E-state index < -0.39 is 41.7 Å². The van der Waals surface area contributed by atoms with Crippen molar-refractivity contribution in [1.29, 1.82) is 0 Å². The number of hydrogen-bond donors (Lipinski definition) is 2. The number of hydrogen-bond acceptors (Lipinski definition) is 5. The molecule has 2 fully saturated rings. The Morgan fingerprint density at radius 2 is 1.66 bits per heavy atom. The number of fused-ring (bicyclic) bond motifs is 3. The van der Waals surface area contributed by atoms with E-state index in [9.17, 15) is 35.9 Å². The Balaban J connectivity index is 1.15. The summed E-state index contributed by atoms with van der Waals surface area (Å²) in [7, 11) is 0. The minimum Gasteiger partial charge on any atom is -0.445 e. The lowest BCUT2D eigenvalue weighted by Crippen LogP contribution is -2.43. The van der Waals surface area contributed by atoms with Gasteiger partial charge in [0.2, 0.25) is 0 Å². The number of nitrogens with one attached hydrogen (secondary N) is 2. The average molecular weight is 541 g/mol. The number of halogens is 6. The molecule has 14 heteroatoms. The maximum atomic E-state index is 13.1. The molecule has 0 radical (unpaired) electrons. The minimum absolute atomic E-state index is 0.0242. The SMILES string of the molecule is O=C(NCC1C[C@H]2C[C@@H]1CN2C(=O)OCc1cc(C(F)(F)F)cc(C(F)(F)F)c1)c1ccc2n[nH]nc2c1. The first-order chi connectivity index (χ1) is 17.9. The second kappa shape index (κ2) is 9.48. The van der Waals surface area contributed by atoms with Crippen LogP contribution in [0.1, 0.15) is 39.9 Å². The molecule has 1 unspecified atom stereocenters. The van der Waals surface area contributed by atoms with Crippen LogP contribution in [0.15, 0.2) is 36.4 Å². The number of rotatable bonds is 5. The van der Waals surface area contributed by atoms with Crippen molar-refractivity contribution in [2.45, 2.75) is 37.8 Å². The molecule has 2 heterocycles. The number of piperidine rings is 1. The summed E-state index contributed by atoms with van der Waals surface area (Å²) < 4.78 is 83.5. The zero-order chi connectivity index (χ0) is 27.2. The molecule has 8 nitrogen and oxygen atoms in total. The number of likely N-dealkylation sites (tertiary alicyclic amines) is 1. The molecule has 2 aromatic carbocycles. The monoisotopic (exact) mass is 541 g/mol. The molecule has 0 spiro atoms. The standard InChI is InChI=1S/C24H21F6N5O3/c25-23(26,27)16-3-12(4-17(8-16)24(28,29)30)11-38-22(37)35-10-15-6-18(35)5-14(15)9-31-21(36)13-1-2-19-20(7-13)33-34-32-19/h1-4,7-8,14-15,18H,5-6,9-11H2,(H,31,36)(H,32,33,34)/t14?,15-,18+/m1/s1. The van der Waals surface area contributed by atoms with Crippen molar-refractivity contribution in [3.05, 3.63) is 58.7 Å². The van der Waals surface area contributed by atoms with Crippen LogP contribution in [0.3, 0.4) is 0 Å². The smallest absolute Gasteiger partial charge is 0.416 e. The van der Waals surface area contributed by atoms with Crippen LogP contribution in [0.25, 0.3) is 11.0 Å². The zero-order valence-corrected chi connectivity index (χ0v) is 19.6. The summed E-state index contributed by atoms with van der Waals surface area (Å²) in [5.41, 5.74) is -1.71. The normalized spacial score (nSPS) is 21.2. The van der Waals surface area contributed by atoms with Gasteiger partial charge < -0.3 is 15.0 Å². The van der Waals surface area contributed by atoms with Crippen LogP contribution in [0.2, 0.25) is 0 Å². The highest BCUT2D eigenvalue weighted by molar-refractivity contribution is 5.97. The lowest BCUT2D eigenvalue weighted by atomic mass is 9.94. The van der Waals surface area contributed by atoms with Crippen LogP contribution >= 0.6 is 0 Å². The quantitative estimate of drug-likeness (QED) is 0.454. The molecule has 2 aliphatic rings. The van der Waals surface area contributed by atoms with Crippen LogP contribution in [0.5, 0.6) is 0 Å². The predicted octanol–water partition coefficient (Wildman–Crippen LogP) is 4.77. The second-order valence-electron chi connectivity index (χ2n) is 9.50. The van der Waals surface area contributed by atoms with Gasteiger partial charge >= 0.3 is 18.4 Å². The van der Waals surface area contributed by atoms with Crippen molar-refractivity contribution in [3.63, 3.8) is 0 Å². The summed E-state index contributed by atoms with van der Waals surface area (Å²) in [5.74, 6) is -0.0777. The van der Waals surface area contributed by atoms with Gasteiger partial charge in [0, 0.05) is 24.7 Å². The van der Waals surface area contributed by atoms with Gasteiger partial charge in [-0.05, 0) is 66.6 Å². The molecule has 2 amide bonds. The lowest BCUT2D eigenvalue weighted by Gasteiger charge is -2.31. The summed E-state index contributed by atoms with van der Waals surface area (Å²) in [6.45, 7) is -0.00933. The van der Waals surface area contributed by atoms with Gasteiger partial charge in [-0.1, -0.05) is 0 Å². The third-order valence-electron chi connectivity index (χ3n) is 7.04. The summed E-state index contributed by atoms with van der Waals surface area (Å²) in [6, 6.07) is 5.85. The lowest BCUT2D eigenvalue weighted by molar-refractivity contribution is -0.143. The van der Waals surface area contributed by atoms with Crippen molar-refractivity contribution < 1.29 is 40.7 Å². The van der Waals surface area contributed by atoms with E-state index in [0.717, 1.165) is 0 Å². The van der Waals surface area contributed by atoms with E-state index in [1.54, 1.807) is 18.2 Å². The highest BCUT2D eigenvalue weighted by atomic mass is 19.4. The molecular formula is C24H21F6N5O3. The van der Waals surface area contributed by atoms with Crippen LogP contribution in [-0.4, -0.2) is 51.4 Å². The number of carbonyl (C=O) groups is 2. The second-order valence-corrected chi connectivity index (χ2v) is 9.50. The number of nitrogens with zero attached hydrogens (tertiary/aromatic N) is 3. The molecular weight excluding hydrogens is 520 g/mol. The topological polar surface area (TPSA) is 100 Å². The molecule has 1 saturated heterocycles. The Labute approximate surface area is 211 Å². The van der Waals surface area contributed by atoms with Crippen LogP contribution < -0.4 is 5.32 Å². The first-order valence-corrected chi connectivity index (χ1v) is 11.7. The minimum atomic E-state index is -4.98. The highest BCUT2D eigenvalue weighted by Crippen LogP contribution is 2.42. The van der Waals surface area contributed by atoms with Gasteiger partial charge in [-0.3, -0.25) is 4.79 Å².